The van der Waals surface area contributed by atoms with E-state index >= 15 is 0 Å². The standard InChI is InChI=1S/C8H17NOS/c1-3-4-9-5-6-11(10)7-8(9)2/h8H,3-7H2,1-2H3. The molecule has 3 heteroatoms. The Kier molecular flexibility index (Phi) is 3.52. The van der Waals surface area contributed by atoms with Gasteiger partial charge in [-0.05, 0) is 19.9 Å². The Balaban J connectivity index is 2.37. The lowest BCUT2D eigenvalue weighted by molar-refractivity contribution is 0.230. The zero-order valence-electron chi connectivity index (χ0n) is 7.38. The molecule has 0 bridgehead atoms. The van der Waals surface area contributed by atoms with Gasteiger partial charge in [-0.25, -0.2) is 0 Å². The van der Waals surface area contributed by atoms with Gasteiger partial charge in [0.05, 0.1) is 0 Å². The van der Waals surface area contributed by atoms with Crippen LogP contribution in [0.15, 0.2) is 0 Å². The number of hydrogen-bond donors (Lipinski definition) is 0. The van der Waals surface area contributed by atoms with Crippen LogP contribution >= 0.6 is 0 Å². The molecule has 2 nitrogen and oxygen atoms in total. The van der Waals surface area contributed by atoms with Crippen molar-refractivity contribution < 1.29 is 4.21 Å². The molecule has 1 aliphatic rings. The van der Waals surface area contributed by atoms with E-state index in [1.807, 2.05) is 0 Å². The van der Waals surface area contributed by atoms with Gasteiger partial charge in [0.15, 0.2) is 0 Å². The van der Waals surface area contributed by atoms with Crippen molar-refractivity contribution in [3.63, 3.8) is 0 Å². The van der Waals surface area contributed by atoms with Crippen LogP contribution in [-0.4, -0.2) is 39.7 Å². The van der Waals surface area contributed by atoms with Gasteiger partial charge in [0, 0.05) is 34.9 Å². The van der Waals surface area contributed by atoms with E-state index in [0.29, 0.717) is 6.04 Å². The van der Waals surface area contributed by atoms with E-state index in [2.05, 4.69) is 18.7 Å². The van der Waals surface area contributed by atoms with Crippen molar-refractivity contribution in [1.82, 2.24) is 4.90 Å². The molecule has 1 heterocycles. The molecule has 0 amide bonds. The predicted molar refractivity (Wildman–Crippen MR) is 49.2 cm³/mol. The van der Waals surface area contributed by atoms with Gasteiger partial charge in [-0.1, -0.05) is 6.92 Å². The maximum absolute atomic E-state index is 11.1. The van der Waals surface area contributed by atoms with Crippen LogP contribution < -0.4 is 0 Å². The Labute approximate surface area is 71.4 Å². The summed E-state index contributed by atoms with van der Waals surface area (Å²) in [6, 6.07) is 0.532. The molecule has 0 aromatic rings. The van der Waals surface area contributed by atoms with Gasteiger partial charge in [0.25, 0.3) is 0 Å². The Hall–Kier alpha value is 0.110. The van der Waals surface area contributed by atoms with E-state index < -0.39 is 10.8 Å². The van der Waals surface area contributed by atoms with Crippen molar-refractivity contribution in [3.05, 3.63) is 0 Å². The summed E-state index contributed by atoms with van der Waals surface area (Å²) in [5.74, 6) is 1.75. The highest BCUT2D eigenvalue weighted by atomic mass is 32.2. The Morgan fingerprint density at radius 2 is 2.36 bits per heavy atom. The molecule has 0 radical (unpaired) electrons. The molecular weight excluding hydrogens is 158 g/mol. The molecule has 2 atom stereocenters. The van der Waals surface area contributed by atoms with Crippen LogP contribution in [0.2, 0.25) is 0 Å². The first-order chi connectivity index (χ1) is 5.24. The second-order valence-corrected chi connectivity index (χ2v) is 4.82. The Morgan fingerprint density at radius 3 is 2.91 bits per heavy atom. The highest BCUT2D eigenvalue weighted by molar-refractivity contribution is 7.85. The molecular formula is C8H17NOS. The first-order valence-electron chi connectivity index (χ1n) is 4.33. The van der Waals surface area contributed by atoms with Gasteiger partial charge in [-0.2, -0.15) is 0 Å². The van der Waals surface area contributed by atoms with Crippen LogP contribution in [0.1, 0.15) is 20.3 Å². The van der Waals surface area contributed by atoms with Crippen molar-refractivity contribution in [1.29, 1.82) is 0 Å². The van der Waals surface area contributed by atoms with Gasteiger partial charge >= 0.3 is 0 Å². The summed E-state index contributed by atoms with van der Waals surface area (Å²) in [4.78, 5) is 2.43. The van der Waals surface area contributed by atoms with Crippen LogP contribution in [0, 0.1) is 0 Å². The zero-order chi connectivity index (χ0) is 8.27. The van der Waals surface area contributed by atoms with Crippen molar-refractivity contribution in [2.45, 2.75) is 26.3 Å². The highest BCUT2D eigenvalue weighted by Gasteiger charge is 2.21. The van der Waals surface area contributed by atoms with Crippen LogP contribution in [0.3, 0.4) is 0 Å². The minimum absolute atomic E-state index is 0.532. The lowest BCUT2D eigenvalue weighted by Gasteiger charge is -2.32. The van der Waals surface area contributed by atoms with E-state index in [4.69, 9.17) is 0 Å². The van der Waals surface area contributed by atoms with Crippen molar-refractivity contribution in [3.8, 4) is 0 Å². The summed E-state index contributed by atoms with van der Waals surface area (Å²) in [6.45, 7) is 6.56. The molecule has 1 aliphatic heterocycles. The van der Waals surface area contributed by atoms with E-state index in [-0.39, 0.29) is 0 Å². The Morgan fingerprint density at radius 1 is 1.64 bits per heavy atom. The second kappa shape index (κ2) is 4.21. The van der Waals surface area contributed by atoms with Crippen LogP contribution in [0.5, 0.6) is 0 Å². The maximum Gasteiger partial charge on any atom is 0.0388 e. The lowest BCUT2D eigenvalue weighted by Crippen LogP contribution is -2.44. The minimum Gasteiger partial charge on any atom is -0.299 e. The number of nitrogens with zero attached hydrogens (tertiary/aromatic N) is 1. The largest absolute Gasteiger partial charge is 0.299 e. The Bertz CT molecular complexity index is 149. The smallest absolute Gasteiger partial charge is 0.0388 e. The fraction of sp³-hybridized carbons (Fsp3) is 1.00. The topological polar surface area (TPSA) is 20.3 Å². The molecule has 0 aliphatic carbocycles. The summed E-state index contributed by atoms with van der Waals surface area (Å²) in [6.07, 6.45) is 1.21. The predicted octanol–water partition coefficient (Wildman–Crippen LogP) is 0.849. The monoisotopic (exact) mass is 175 g/mol. The molecule has 0 aromatic heterocycles. The van der Waals surface area contributed by atoms with E-state index in [9.17, 15) is 4.21 Å². The highest BCUT2D eigenvalue weighted by Crippen LogP contribution is 2.08. The molecule has 11 heavy (non-hydrogen) atoms. The average molecular weight is 175 g/mol. The summed E-state index contributed by atoms with van der Waals surface area (Å²) in [5.41, 5.74) is 0. The molecule has 0 N–H and O–H groups in total. The normalized spacial score (nSPS) is 34.0. The van der Waals surface area contributed by atoms with Crippen molar-refractivity contribution in [2.24, 2.45) is 0 Å². The number of rotatable bonds is 2. The molecule has 2 unspecified atom stereocenters. The van der Waals surface area contributed by atoms with Crippen LogP contribution in [0.25, 0.3) is 0 Å². The van der Waals surface area contributed by atoms with Gasteiger partial charge in [0.1, 0.15) is 0 Å². The van der Waals surface area contributed by atoms with E-state index in [0.717, 1.165) is 18.1 Å². The molecule has 0 saturated carbocycles. The molecule has 0 spiro atoms. The molecule has 1 saturated heterocycles. The summed E-state index contributed by atoms with van der Waals surface area (Å²) < 4.78 is 11.1. The average Bonchev–Trinajstić information content (AvgIpc) is 1.95. The fourth-order valence-corrected chi connectivity index (χ4v) is 2.87. The third kappa shape index (κ3) is 2.56. The first-order valence-corrected chi connectivity index (χ1v) is 5.82. The zero-order valence-corrected chi connectivity index (χ0v) is 8.19. The molecule has 66 valence electrons. The molecule has 0 aromatic carbocycles. The third-order valence-corrected chi connectivity index (χ3v) is 3.66. The quantitative estimate of drug-likeness (QED) is 0.620. The van der Waals surface area contributed by atoms with Gasteiger partial charge in [-0.15, -0.1) is 0 Å². The van der Waals surface area contributed by atoms with Crippen molar-refractivity contribution in [2.75, 3.05) is 24.6 Å². The lowest BCUT2D eigenvalue weighted by atomic mass is 10.3. The summed E-state index contributed by atoms with van der Waals surface area (Å²) in [7, 11) is -0.536. The molecule has 1 rings (SSSR count). The SMILES string of the molecule is CCCN1CCS(=O)CC1C. The van der Waals surface area contributed by atoms with Gasteiger partial charge in [-0.3, -0.25) is 9.11 Å². The third-order valence-electron chi connectivity index (χ3n) is 2.17. The maximum atomic E-state index is 11.1. The van der Waals surface area contributed by atoms with Crippen molar-refractivity contribution >= 4 is 10.8 Å². The van der Waals surface area contributed by atoms with Gasteiger partial charge < -0.3 is 0 Å². The second-order valence-electron chi connectivity index (χ2n) is 3.20. The first kappa shape index (κ1) is 9.20. The summed E-state index contributed by atoms with van der Waals surface area (Å²) >= 11 is 0. The number of hydrogen-bond acceptors (Lipinski definition) is 2. The van der Waals surface area contributed by atoms with E-state index in [1.54, 1.807) is 0 Å². The van der Waals surface area contributed by atoms with Crippen LogP contribution in [-0.2, 0) is 10.8 Å². The van der Waals surface area contributed by atoms with E-state index in [1.165, 1.54) is 13.0 Å². The summed E-state index contributed by atoms with van der Waals surface area (Å²) in [5, 5.41) is 0. The molecule has 1 fully saturated rings. The fourth-order valence-electron chi connectivity index (χ4n) is 1.52. The van der Waals surface area contributed by atoms with Crippen LogP contribution in [0.4, 0.5) is 0 Å². The minimum atomic E-state index is -0.536. The van der Waals surface area contributed by atoms with Gasteiger partial charge in [0.2, 0.25) is 0 Å².